The average molecular weight is 483 g/mol. The Bertz CT molecular complexity index is 1110. The number of ketones is 1. The first-order valence-electron chi connectivity index (χ1n) is 9.57. The predicted molar refractivity (Wildman–Crippen MR) is 123 cm³/mol. The molecule has 0 aromatic heterocycles. The van der Waals surface area contributed by atoms with Gasteiger partial charge in [-0.25, -0.2) is 0 Å². The summed E-state index contributed by atoms with van der Waals surface area (Å²) in [5, 5.41) is 1.54. The van der Waals surface area contributed by atoms with Gasteiger partial charge in [-0.15, -0.1) is 0 Å². The maximum absolute atomic E-state index is 13.4. The largest absolute Gasteiger partial charge is 0.294 e. The fourth-order valence-electron chi connectivity index (χ4n) is 4.39. The summed E-state index contributed by atoms with van der Waals surface area (Å²) in [6.07, 6.45) is 1.10. The molecule has 30 heavy (non-hydrogen) atoms. The van der Waals surface area contributed by atoms with Crippen molar-refractivity contribution in [2.45, 2.75) is 39.0 Å². The molecule has 2 aliphatic rings. The first kappa shape index (κ1) is 21.7. The van der Waals surface area contributed by atoms with E-state index >= 15 is 0 Å². The SMILES string of the molecule is CC1(C)CC(=O)C2=C(C1)N(c1ccc(Cl)c(Cl)c1)C(=O)CC2c1cccc(Cl)c1Cl. The van der Waals surface area contributed by atoms with Crippen molar-refractivity contribution >= 4 is 63.8 Å². The Hall–Kier alpha value is -1.52. The Kier molecular flexibility index (Phi) is 5.69. The van der Waals surface area contributed by atoms with E-state index in [1.807, 2.05) is 19.9 Å². The second-order valence-electron chi connectivity index (χ2n) is 8.53. The monoisotopic (exact) mass is 481 g/mol. The fourth-order valence-corrected chi connectivity index (χ4v) is 5.13. The molecule has 0 radical (unpaired) electrons. The highest BCUT2D eigenvalue weighted by Crippen LogP contribution is 2.50. The maximum atomic E-state index is 13.4. The highest BCUT2D eigenvalue weighted by Gasteiger charge is 2.44. The van der Waals surface area contributed by atoms with Crippen LogP contribution in [0.2, 0.25) is 20.1 Å². The molecule has 3 nitrogen and oxygen atoms in total. The molecule has 1 amide bonds. The van der Waals surface area contributed by atoms with Crippen LogP contribution < -0.4 is 4.90 Å². The van der Waals surface area contributed by atoms with Crippen molar-refractivity contribution in [1.82, 2.24) is 0 Å². The summed E-state index contributed by atoms with van der Waals surface area (Å²) in [6, 6.07) is 10.4. The van der Waals surface area contributed by atoms with E-state index in [2.05, 4.69) is 0 Å². The molecule has 2 aromatic carbocycles. The normalized spacial score (nSPS) is 21.1. The minimum atomic E-state index is -0.429. The lowest BCUT2D eigenvalue weighted by Crippen LogP contribution is -2.43. The Morgan fingerprint density at radius 1 is 0.933 bits per heavy atom. The van der Waals surface area contributed by atoms with E-state index in [4.69, 9.17) is 46.4 Å². The summed E-state index contributed by atoms with van der Waals surface area (Å²) >= 11 is 25.0. The average Bonchev–Trinajstić information content (AvgIpc) is 2.65. The summed E-state index contributed by atoms with van der Waals surface area (Å²) in [5.41, 5.74) is 2.36. The van der Waals surface area contributed by atoms with Gasteiger partial charge in [0.25, 0.3) is 0 Å². The van der Waals surface area contributed by atoms with Gasteiger partial charge in [-0.05, 0) is 41.7 Å². The van der Waals surface area contributed by atoms with E-state index in [0.29, 0.717) is 55.5 Å². The topological polar surface area (TPSA) is 37.4 Å². The molecule has 1 aliphatic carbocycles. The second-order valence-corrected chi connectivity index (χ2v) is 10.1. The summed E-state index contributed by atoms with van der Waals surface area (Å²) in [6.45, 7) is 4.06. The van der Waals surface area contributed by atoms with E-state index < -0.39 is 5.92 Å². The predicted octanol–water partition coefficient (Wildman–Crippen LogP) is 7.46. The Balaban J connectivity index is 1.93. The number of rotatable bonds is 2. The first-order valence-corrected chi connectivity index (χ1v) is 11.1. The van der Waals surface area contributed by atoms with Gasteiger partial charge in [-0.1, -0.05) is 72.4 Å². The molecule has 0 bridgehead atoms. The number of hydrogen-bond donors (Lipinski definition) is 0. The minimum absolute atomic E-state index is 0.0276. The molecular formula is C23H19Cl4NO2. The molecule has 0 saturated carbocycles. The van der Waals surface area contributed by atoms with Crippen LogP contribution in [0.1, 0.15) is 44.6 Å². The van der Waals surface area contributed by atoms with Gasteiger partial charge in [-0.2, -0.15) is 0 Å². The van der Waals surface area contributed by atoms with Crippen molar-refractivity contribution in [2.75, 3.05) is 4.90 Å². The molecule has 0 saturated heterocycles. The van der Waals surface area contributed by atoms with Crippen molar-refractivity contribution < 1.29 is 9.59 Å². The number of anilines is 1. The molecular weight excluding hydrogens is 464 g/mol. The Morgan fingerprint density at radius 2 is 1.67 bits per heavy atom. The molecule has 156 valence electrons. The van der Waals surface area contributed by atoms with E-state index in [1.165, 1.54) is 0 Å². The highest BCUT2D eigenvalue weighted by molar-refractivity contribution is 6.43. The van der Waals surface area contributed by atoms with Crippen LogP contribution in [0, 0.1) is 5.41 Å². The quantitative estimate of drug-likeness (QED) is 0.445. The third kappa shape index (κ3) is 3.78. The van der Waals surface area contributed by atoms with Crippen molar-refractivity contribution in [3.8, 4) is 0 Å². The van der Waals surface area contributed by atoms with Gasteiger partial charge in [-0.3, -0.25) is 14.5 Å². The number of Topliss-reactive ketones (excluding diaryl/α,β-unsaturated/α-hetero) is 1. The van der Waals surface area contributed by atoms with Gasteiger partial charge >= 0.3 is 0 Å². The van der Waals surface area contributed by atoms with Crippen LogP contribution in [0.15, 0.2) is 47.7 Å². The van der Waals surface area contributed by atoms with Gasteiger partial charge in [0.1, 0.15) is 0 Å². The van der Waals surface area contributed by atoms with Crippen LogP contribution >= 0.6 is 46.4 Å². The fraction of sp³-hybridized carbons (Fsp3) is 0.304. The van der Waals surface area contributed by atoms with Crippen LogP contribution in [0.3, 0.4) is 0 Å². The number of benzene rings is 2. The van der Waals surface area contributed by atoms with Crippen molar-refractivity contribution in [2.24, 2.45) is 5.41 Å². The molecule has 4 rings (SSSR count). The van der Waals surface area contributed by atoms with Crippen molar-refractivity contribution in [3.63, 3.8) is 0 Å². The minimum Gasteiger partial charge on any atom is -0.294 e. The molecule has 0 fully saturated rings. The molecule has 1 unspecified atom stereocenters. The van der Waals surface area contributed by atoms with E-state index in [1.54, 1.807) is 35.2 Å². The molecule has 0 N–H and O–H groups in total. The van der Waals surface area contributed by atoms with E-state index in [-0.39, 0.29) is 23.5 Å². The van der Waals surface area contributed by atoms with Crippen molar-refractivity contribution in [3.05, 3.63) is 73.3 Å². The number of allylic oxidation sites excluding steroid dienone is 2. The van der Waals surface area contributed by atoms with Crippen LogP contribution in [0.4, 0.5) is 5.69 Å². The summed E-state index contributed by atoms with van der Waals surface area (Å²) in [5.74, 6) is -0.528. The van der Waals surface area contributed by atoms with Crippen LogP contribution in [0.25, 0.3) is 0 Å². The summed E-state index contributed by atoms with van der Waals surface area (Å²) in [4.78, 5) is 28.3. The van der Waals surface area contributed by atoms with Crippen molar-refractivity contribution in [1.29, 1.82) is 0 Å². The first-order chi connectivity index (χ1) is 14.1. The number of halogens is 4. The van der Waals surface area contributed by atoms with Crippen LogP contribution in [0.5, 0.6) is 0 Å². The van der Waals surface area contributed by atoms with Gasteiger partial charge in [0.2, 0.25) is 5.91 Å². The second kappa shape index (κ2) is 7.87. The molecule has 7 heteroatoms. The zero-order valence-electron chi connectivity index (χ0n) is 16.4. The smallest absolute Gasteiger partial charge is 0.232 e. The number of carbonyl (C=O) groups is 2. The van der Waals surface area contributed by atoms with E-state index in [9.17, 15) is 9.59 Å². The lowest BCUT2D eigenvalue weighted by atomic mass is 9.69. The number of nitrogens with zero attached hydrogens (tertiary/aromatic N) is 1. The lowest BCUT2D eigenvalue weighted by molar-refractivity contribution is -0.121. The van der Waals surface area contributed by atoms with Gasteiger partial charge < -0.3 is 0 Å². The zero-order chi connectivity index (χ0) is 21.8. The number of amides is 1. The Labute approximate surface area is 195 Å². The summed E-state index contributed by atoms with van der Waals surface area (Å²) in [7, 11) is 0. The molecule has 1 atom stereocenters. The highest BCUT2D eigenvalue weighted by atomic mass is 35.5. The Morgan fingerprint density at radius 3 is 2.37 bits per heavy atom. The van der Waals surface area contributed by atoms with E-state index in [0.717, 1.165) is 0 Å². The standard InChI is InChI=1S/C23H19Cl4NO2/c1-23(2)10-18-21(19(29)11-23)14(13-4-3-5-16(25)22(13)27)9-20(30)28(18)12-6-7-15(24)17(26)8-12/h3-8,14H,9-11H2,1-2H3. The zero-order valence-corrected chi connectivity index (χ0v) is 19.5. The molecule has 1 aliphatic heterocycles. The summed E-state index contributed by atoms with van der Waals surface area (Å²) < 4.78 is 0. The molecule has 2 aromatic rings. The van der Waals surface area contributed by atoms with Gasteiger partial charge in [0.05, 0.1) is 25.8 Å². The third-order valence-corrected chi connectivity index (χ3v) is 7.23. The molecule has 1 heterocycles. The molecule has 0 spiro atoms. The maximum Gasteiger partial charge on any atom is 0.232 e. The number of carbonyl (C=O) groups excluding carboxylic acids is 2. The number of hydrogen-bond acceptors (Lipinski definition) is 2. The van der Waals surface area contributed by atoms with Crippen LogP contribution in [-0.2, 0) is 9.59 Å². The third-order valence-electron chi connectivity index (χ3n) is 5.66. The van der Waals surface area contributed by atoms with Gasteiger partial charge in [0, 0.05) is 30.0 Å². The van der Waals surface area contributed by atoms with Gasteiger partial charge in [0.15, 0.2) is 5.78 Å². The lowest BCUT2D eigenvalue weighted by Gasteiger charge is -2.43. The van der Waals surface area contributed by atoms with Crippen LogP contribution in [-0.4, -0.2) is 11.7 Å².